The molecule has 1 aliphatic heterocycles. The molecular weight excluding hydrogens is 506 g/mol. The monoisotopic (exact) mass is 535 g/mol. The van der Waals surface area contributed by atoms with E-state index in [-0.39, 0.29) is 5.91 Å². The third-order valence-electron chi connectivity index (χ3n) is 7.85. The number of nitrogens with zero attached hydrogens (tertiary/aromatic N) is 6. The Hall–Kier alpha value is -4.08. The quantitative estimate of drug-likeness (QED) is 0.307. The summed E-state index contributed by atoms with van der Waals surface area (Å²) >= 11 is 1.68. The van der Waals surface area contributed by atoms with Gasteiger partial charge in [-0.2, -0.15) is 5.10 Å². The molecule has 196 valence electrons. The average molecular weight is 536 g/mol. The van der Waals surface area contributed by atoms with E-state index in [2.05, 4.69) is 57.3 Å². The molecule has 4 aromatic heterocycles. The number of aromatic nitrogens is 5. The summed E-state index contributed by atoms with van der Waals surface area (Å²) in [6.07, 6.45) is 9.13. The van der Waals surface area contributed by atoms with Crippen LogP contribution < -0.4 is 5.32 Å². The Morgan fingerprint density at radius 1 is 1.08 bits per heavy atom. The van der Waals surface area contributed by atoms with Crippen molar-refractivity contribution in [3.05, 3.63) is 90.1 Å². The van der Waals surface area contributed by atoms with Crippen LogP contribution in [0.5, 0.6) is 0 Å². The van der Waals surface area contributed by atoms with Gasteiger partial charge in [-0.15, -0.1) is 11.3 Å². The molecule has 9 heteroatoms. The lowest BCUT2D eigenvalue weighted by molar-refractivity contribution is -0.127. The number of likely N-dealkylation sites (tertiary alicyclic amines) is 1. The van der Waals surface area contributed by atoms with Gasteiger partial charge < -0.3 is 10.2 Å². The maximum atomic E-state index is 11.9. The second-order valence-corrected chi connectivity index (χ2v) is 11.1. The number of rotatable bonds is 6. The lowest BCUT2D eigenvalue weighted by Gasteiger charge is -2.33. The van der Waals surface area contributed by atoms with E-state index in [1.807, 2.05) is 29.3 Å². The molecule has 1 saturated heterocycles. The van der Waals surface area contributed by atoms with Gasteiger partial charge in [0.25, 0.3) is 0 Å². The maximum Gasteiger partial charge on any atom is 0.245 e. The van der Waals surface area contributed by atoms with E-state index >= 15 is 0 Å². The van der Waals surface area contributed by atoms with Crippen LogP contribution in [0, 0.1) is 0 Å². The van der Waals surface area contributed by atoms with Crippen molar-refractivity contribution in [2.75, 3.05) is 13.1 Å². The first-order valence-electron chi connectivity index (χ1n) is 13.4. The molecule has 0 spiro atoms. The normalized spacial score (nSPS) is 17.5. The van der Waals surface area contributed by atoms with Gasteiger partial charge in [0.05, 0.1) is 4.88 Å². The highest BCUT2D eigenvalue weighted by molar-refractivity contribution is 7.13. The average Bonchev–Trinajstić information content (AvgIpc) is 3.78. The van der Waals surface area contributed by atoms with Crippen molar-refractivity contribution in [2.24, 2.45) is 0 Å². The van der Waals surface area contributed by atoms with Crippen molar-refractivity contribution in [2.45, 2.75) is 37.8 Å². The van der Waals surface area contributed by atoms with E-state index in [0.717, 1.165) is 72.1 Å². The molecule has 7 rings (SSSR count). The summed E-state index contributed by atoms with van der Waals surface area (Å²) in [6.45, 7) is 5.19. The van der Waals surface area contributed by atoms with Crippen LogP contribution in [0.15, 0.2) is 79.0 Å². The fourth-order valence-electron chi connectivity index (χ4n) is 5.89. The van der Waals surface area contributed by atoms with E-state index in [0.29, 0.717) is 12.1 Å². The highest BCUT2D eigenvalue weighted by Gasteiger charge is 2.28. The molecule has 1 aliphatic carbocycles. The van der Waals surface area contributed by atoms with Crippen LogP contribution in [-0.2, 0) is 11.2 Å². The zero-order chi connectivity index (χ0) is 26.3. The molecular formula is C30H29N7OS. The van der Waals surface area contributed by atoms with Crippen LogP contribution in [0.4, 0.5) is 0 Å². The molecule has 1 amide bonds. The van der Waals surface area contributed by atoms with Gasteiger partial charge in [0.1, 0.15) is 5.52 Å². The molecule has 39 heavy (non-hydrogen) atoms. The number of piperidine rings is 1. The SMILES string of the molecule is C=CC(=O)N1CCC(NC2CCc3cc(-n4c(-c5cccs5)nc5ccc(-n6cccn6)nc54)ccc32)CC1. The number of amides is 1. The predicted molar refractivity (Wildman–Crippen MR) is 153 cm³/mol. The lowest BCUT2D eigenvalue weighted by Crippen LogP contribution is -2.45. The largest absolute Gasteiger partial charge is 0.339 e. The van der Waals surface area contributed by atoms with Gasteiger partial charge in [-0.25, -0.2) is 14.6 Å². The van der Waals surface area contributed by atoms with E-state index in [9.17, 15) is 4.79 Å². The highest BCUT2D eigenvalue weighted by atomic mass is 32.1. The Labute approximate surface area is 230 Å². The number of thiophene rings is 1. The fourth-order valence-corrected chi connectivity index (χ4v) is 6.59. The minimum atomic E-state index is 0.0346. The van der Waals surface area contributed by atoms with Gasteiger partial charge >= 0.3 is 0 Å². The van der Waals surface area contributed by atoms with Crippen LogP contribution in [0.1, 0.15) is 36.4 Å². The Kier molecular flexibility index (Phi) is 6.09. The van der Waals surface area contributed by atoms with Crippen LogP contribution >= 0.6 is 11.3 Å². The van der Waals surface area contributed by atoms with Gasteiger partial charge in [-0.3, -0.25) is 9.36 Å². The third-order valence-corrected chi connectivity index (χ3v) is 8.72. The zero-order valence-electron chi connectivity index (χ0n) is 21.5. The molecule has 0 saturated carbocycles. The van der Waals surface area contributed by atoms with Crippen molar-refractivity contribution in [3.8, 4) is 22.2 Å². The minimum Gasteiger partial charge on any atom is -0.339 e. The molecule has 1 atom stereocenters. The van der Waals surface area contributed by atoms with E-state index in [4.69, 9.17) is 9.97 Å². The molecule has 1 aromatic carbocycles. The Morgan fingerprint density at radius 3 is 2.74 bits per heavy atom. The van der Waals surface area contributed by atoms with Crippen molar-refractivity contribution >= 4 is 28.4 Å². The summed E-state index contributed by atoms with van der Waals surface area (Å²) in [5.41, 5.74) is 5.49. The molecule has 5 heterocycles. The zero-order valence-corrected chi connectivity index (χ0v) is 22.3. The molecule has 5 aromatic rings. The predicted octanol–water partition coefficient (Wildman–Crippen LogP) is 5.09. The van der Waals surface area contributed by atoms with E-state index < -0.39 is 0 Å². The summed E-state index contributed by atoms with van der Waals surface area (Å²) in [5.74, 6) is 1.70. The van der Waals surface area contributed by atoms with Gasteiger partial charge in [-0.05, 0) is 84.7 Å². The molecule has 2 aliphatic rings. The number of fused-ring (bicyclic) bond motifs is 2. The summed E-state index contributed by atoms with van der Waals surface area (Å²) < 4.78 is 3.96. The Morgan fingerprint density at radius 2 is 1.97 bits per heavy atom. The number of aryl methyl sites for hydroxylation is 1. The summed E-state index contributed by atoms with van der Waals surface area (Å²) in [6, 6.07) is 17.6. The second kappa shape index (κ2) is 9.91. The highest BCUT2D eigenvalue weighted by Crippen LogP contribution is 2.36. The lowest BCUT2D eigenvalue weighted by atomic mass is 10.0. The van der Waals surface area contributed by atoms with E-state index in [1.165, 1.54) is 17.2 Å². The molecule has 0 bridgehead atoms. The maximum absolute atomic E-state index is 11.9. The summed E-state index contributed by atoms with van der Waals surface area (Å²) in [5, 5.41) is 10.3. The minimum absolute atomic E-state index is 0.0346. The van der Waals surface area contributed by atoms with Gasteiger partial charge in [0, 0.05) is 43.3 Å². The first-order chi connectivity index (χ1) is 19.2. The van der Waals surface area contributed by atoms with Crippen LogP contribution in [0.3, 0.4) is 0 Å². The topological polar surface area (TPSA) is 80.9 Å². The first-order valence-corrected chi connectivity index (χ1v) is 14.3. The number of hydrogen-bond acceptors (Lipinski definition) is 6. The third kappa shape index (κ3) is 4.37. The fraction of sp³-hybridized carbons (Fsp3) is 0.267. The van der Waals surface area contributed by atoms with Crippen molar-refractivity contribution in [1.29, 1.82) is 0 Å². The van der Waals surface area contributed by atoms with Crippen LogP contribution in [-0.4, -0.2) is 54.3 Å². The van der Waals surface area contributed by atoms with Crippen molar-refractivity contribution in [1.82, 2.24) is 34.5 Å². The number of hydrogen-bond donors (Lipinski definition) is 1. The Balaban J connectivity index is 1.21. The van der Waals surface area contributed by atoms with Crippen molar-refractivity contribution in [3.63, 3.8) is 0 Å². The number of carbonyl (C=O) groups is 1. The smallest absolute Gasteiger partial charge is 0.245 e. The number of pyridine rings is 1. The first kappa shape index (κ1) is 24.0. The van der Waals surface area contributed by atoms with Crippen molar-refractivity contribution < 1.29 is 4.79 Å². The van der Waals surface area contributed by atoms with E-state index in [1.54, 1.807) is 22.2 Å². The number of benzene rings is 1. The standard InChI is InChI=1S/C30H29N7OS/c1-2-28(38)35-16-12-21(13-17-35)32-24-9-6-20-19-22(7-8-23(20)24)37-29-25(33-30(37)26-5-3-18-39-26)10-11-27(34-29)36-15-4-14-31-36/h2-5,7-8,10-11,14-15,18-19,21,24,32H,1,6,9,12-13,16-17H2. The van der Waals surface area contributed by atoms with Gasteiger partial charge in [-0.1, -0.05) is 18.7 Å². The Bertz CT molecular complexity index is 1650. The molecule has 0 radical (unpaired) electrons. The summed E-state index contributed by atoms with van der Waals surface area (Å²) in [7, 11) is 0. The molecule has 1 unspecified atom stereocenters. The second-order valence-electron chi connectivity index (χ2n) is 10.2. The molecule has 8 nitrogen and oxygen atoms in total. The van der Waals surface area contributed by atoms with Crippen LogP contribution in [0.25, 0.3) is 33.4 Å². The summed E-state index contributed by atoms with van der Waals surface area (Å²) in [4.78, 5) is 24.9. The number of imidazole rings is 1. The molecule has 1 N–H and O–H groups in total. The number of nitrogens with one attached hydrogen (secondary N) is 1. The van der Waals surface area contributed by atoms with Crippen LogP contribution in [0.2, 0.25) is 0 Å². The van der Waals surface area contributed by atoms with Gasteiger partial charge in [0.2, 0.25) is 5.91 Å². The number of carbonyl (C=O) groups excluding carboxylic acids is 1. The molecule has 1 fully saturated rings. The van der Waals surface area contributed by atoms with Gasteiger partial charge in [0.15, 0.2) is 17.3 Å².